The average Bonchev–Trinajstić information content (AvgIpc) is 3.22. The van der Waals surface area contributed by atoms with Gasteiger partial charge in [0.15, 0.2) is 11.5 Å². The first-order valence-electron chi connectivity index (χ1n) is 8.28. The van der Waals surface area contributed by atoms with Crippen LogP contribution in [0.1, 0.15) is 5.56 Å². The molecule has 4 aromatic rings. The van der Waals surface area contributed by atoms with Crippen LogP contribution in [0.25, 0.3) is 10.9 Å². The summed E-state index contributed by atoms with van der Waals surface area (Å²) in [5.41, 5.74) is 1.69. The predicted octanol–water partition coefficient (Wildman–Crippen LogP) is 3.98. The third-order valence-electron chi connectivity index (χ3n) is 3.89. The maximum absolute atomic E-state index is 8.79. The summed E-state index contributed by atoms with van der Waals surface area (Å²) in [6.07, 6.45) is 1.70. The Bertz CT molecular complexity index is 1140. The Balaban J connectivity index is 1.71. The molecule has 0 spiro atoms. The standard InChI is InChI=1S/C19H14N6O2S/c1-26-13-4-7-15-16(10-13)23-19(25-17(15)24-18-21-11-22-27-18)28-14-5-2-12(3-6-14)8-9-20/h2-7,10-11H,8H2,1H3,(H,21,22,23,24,25). The van der Waals surface area contributed by atoms with E-state index in [0.717, 1.165) is 21.4 Å². The van der Waals surface area contributed by atoms with Crippen molar-refractivity contribution < 1.29 is 9.26 Å². The van der Waals surface area contributed by atoms with E-state index in [-0.39, 0.29) is 6.01 Å². The van der Waals surface area contributed by atoms with Gasteiger partial charge >= 0.3 is 6.01 Å². The van der Waals surface area contributed by atoms with E-state index >= 15 is 0 Å². The molecule has 0 saturated carbocycles. The van der Waals surface area contributed by atoms with E-state index in [1.807, 2.05) is 42.5 Å². The molecule has 0 aliphatic rings. The second kappa shape index (κ2) is 7.94. The van der Waals surface area contributed by atoms with Crippen molar-refractivity contribution in [3.63, 3.8) is 0 Å². The first kappa shape index (κ1) is 17.8. The van der Waals surface area contributed by atoms with Crippen molar-refractivity contribution in [1.29, 1.82) is 5.26 Å². The summed E-state index contributed by atoms with van der Waals surface area (Å²) in [6, 6.07) is 15.7. The van der Waals surface area contributed by atoms with Crippen LogP contribution in [-0.4, -0.2) is 27.2 Å². The second-order valence-electron chi connectivity index (χ2n) is 5.69. The van der Waals surface area contributed by atoms with Crippen molar-refractivity contribution in [1.82, 2.24) is 20.1 Å². The minimum atomic E-state index is 0.243. The zero-order chi connectivity index (χ0) is 19.3. The Hall–Kier alpha value is -3.64. The minimum Gasteiger partial charge on any atom is -0.497 e. The van der Waals surface area contributed by atoms with Gasteiger partial charge in [0.1, 0.15) is 11.6 Å². The monoisotopic (exact) mass is 390 g/mol. The lowest BCUT2D eigenvalue weighted by Gasteiger charge is -2.09. The van der Waals surface area contributed by atoms with Crippen LogP contribution in [0.15, 0.2) is 63.4 Å². The number of anilines is 2. The van der Waals surface area contributed by atoms with Gasteiger partial charge in [-0.3, -0.25) is 5.32 Å². The van der Waals surface area contributed by atoms with Gasteiger partial charge in [-0.1, -0.05) is 17.3 Å². The summed E-state index contributed by atoms with van der Waals surface area (Å²) < 4.78 is 10.3. The van der Waals surface area contributed by atoms with Gasteiger partial charge in [0.25, 0.3) is 0 Å². The van der Waals surface area contributed by atoms with E-state index in [0.29, 0.717) is 23.1 Å². The third kappa shape index (κ3) is 3.87. The first-order valence-corrected chi connectivity index (χ1v) is 9.10. The molecule has 0 atom stereocenters. The van der Waals surface area contributed by atoms with E-state index in [1.54, 1.807) is 7.11 Å². The fraction of sp³-hybridized carbons (Fsp3) is 0.105. The smallest absolute Gasteiger partial charge is 0.326 e. The van der Waals surface area contributed by atoms with Crippen LogP contribution in [0.3, 0.4) is 0 Å². The highest BCUT2D eigenvalue weighted by atomic mass is 32.2. The molecular weight excluding hydrogens is 376 g/mol. The van der Waals surface area contributed by atoms with Crippen LogP contribution in [0.4, 0.5) is 11.8 Å². The van der Waals surface area contributed by atoms with Crippen LogP contribution in [0.2, 0.25) is 0 Å². The van der Waals surface area contributed by atoms with Crippen molar-refractivity contribution in [3.05, 3.63) is 54.4 Å². The van der Waals surface area contributed by atoms with Gasteiger partial charge in [-0.2, -0.15) is 10.2 Å². The van der Waals surface area contributed by atoms with Gasteiger partial charge in [-0.05, 0) is 41.6 Å². The largest absolute Gasteiger partial charge is 0.497 e. The summed E-state index contributed by atoms with van der Waals surface area (Å²) in [4.78, 5) is 14.2. The average molecular weight is 390 g/mol. The number of fused-ring (bicyclic) bond motifs is 1. The molecule has 138 valence electrons. The number of rotatable bonds is 6. The predicted molar refractivity (Wildman–Crippen MR) is 104 cm³/mol. The highest BCUT2D eigenvalue weighted by Crippen LogP contribution is 2.32. The van der Waals surface area contributed by atoms with Crippen LogP contribution in [0, 0.1) is 11.3 Å². The number of hydrogen-bond acceptors (Lipinski definition) is 9. The lowest BCUT2D eigenvalue weighted by Crippen LogP contribution is -1.99. The van der Waals surface area contributed by atoms with Crippen molar-refractivity contribution in [2.45, 2.75) is 16.5 Å². The maximum atomic E-state index is 8.79. The number of benzene rings is 2. The maximum Gasteiger partial charge on any atom is 0.326 e. The summed E-state index contributed by atoms with van der Waals surface area (Å²) in [5.74, 6) is 1.26. The molecule has 0 aliphatic carbocycles. The zero-order valence-electron chi connectivity index (χ0n) is 14.8. The first-order chi connectivity index (χ1) is 13.7. The molecule has 0 bridgehead atoms. The van der Waals surface area contributed by atoms with E-state index in [9.17, 15) is 0 Å². The molecule has 4 rings (SSSR count). The lowest BCUT2D eigenvalue weighted by atomic mass is 10.2. The molecule has 0 radical (unpaired) electrons. The van der Waals surface area contributed by atoms with Gasteiger partial charge in [-0.25, -0.2) is 9.97 Å². The van der Waals surface area contributed by atoms with E-state index in [1.165, 1.54) is 18.1 Å². The molecular formula is C19H14N6O2S. The zero-order valence-corrected chi connectivity index (χ0v) is 15.6. The summed E-state index contributed by atoms with van der Waals surface area (Å²) in [7, 11) is 1.61. The van der Waals surface area contributed by atoms with Crippen LogP contribution in [0.5, 0.6) is 5.75 Å². The number of ether oxygens (including phenoxy) is 1. The van der Waals surface area contributed by atoms with Crippen molar-refractivity contribution >= 4 is 34.5 Å². The summed E-state index contributed by atoms with van der Waals surface area (Å²) in [5, 5.41) is 16.8. The molecule has 2 heterocycles. The Morgan fingerprint density at radius 2 is 2.04 bits per heavy atom. The molecule has 0 saturated heterocycles. The molecule has 0 amide bonds. The fourth-order valence-electron chi connectivity index (χ4n) is 2.56. The molecule has 0 aliphatic heterocycles. The second-order valence-corrected chi connectivity index (χ2v) is 6.73. The van der Waals surface area contributed by atoms with Gasteiger partial charge in [0, 0.05) is 16.3 Å². The molecule has 0 fully saturated rings. The molecule has 1 N–H and O–H groups in total. The van der Waals surface area contributed by atoms with Gasteiger partial charge < -0.3 is 9.26 Å². The number of methoxy groups -OCH3 is 1. The van der Waals surface area contributed by atoms with Gasteiger partial charge in [-0.15, -0.1) is 0 Å². The van der Waals surface area contributed by atoms with Crippen LogP contribution < -0.4 is 10.1 Å². The van der Waals surface area contributed by atoms with Crippen LogP contribution in [-0.2, 0) is 6.42 Å². The number of nitrogens with one attached hydrogen (secondary N) is 1. The Labute approximate surface area is 164 Å². The van der Waals surface area contributed by atoms with Crippen molar-refractivity contribution in [2.75, 3.05) is 12.4 Å². The molecule has 28 heavy (non-hydrogen) atoms. The molecule has 2 aromatic carbocycles. The Kier molecular flexibility index (Phi) is 5.03. The number of nitriles is 1. The van der Waals surface area contributed by atoms with E-state index < -0.39 is 0 Å². The van der Waals surface area contributed by atoms with E-state index in [4.69, 9.17) is 14.5 Å². The fourth-order valence-corrected chi connectivity index (χ4v) is 3.32. The minimum absolute atomic E-state index is 0.243. The SMILES string of the molecule is COc1ccc2c(Nc3ncno3)nc(Sc3ccc(CC#N)cc3)nc2c1. The number of hydrogen-bond donors (Lipinski definition) is 1. The highest BCUT2D eigenvalue weighted by molar-refractivity contribution is 7.99. The quantitative estimate of drug-likeness (QED) is 0.489. The van der Waals surface area contributed by atoms with Gasteiger partial charge in [0.2, 0.25) is 0 Å². The Morgan fingerprint density at radius 1 is 1.18 bits per heavy atom. The summed E-state index contributed by atoms with van der Waals surface area (Å²) in [6.45, 7) is 0. The topological polar surface area (TPSA) is 110 Å². The molecule has 9 heteroatoms. The Morgan fingerprint density at radius 3 is 2.75 bits per heavy atom. The lowest BCUT2D eigenvalue weighted by molar-refractivity contribution is 0.415. The summed E-state index contributed by atoms with van der Waals surface area (Å²) >= 11 is 1.42. The van der Waals surface area contributed by atoms with Crippen molar-refractivity contribution in [3.8, 4) is 11.8 Å². The third-order valence-corrected chi connectivity index (χ3v) is 4.76. The highest BCUT2D eigenvalue weighted by Gasteiger charge is 2.12. The normalized spacial score (nSPS) is 10.6. The molecule has 8 nitrogen and oxygen atoms in total. The van der Waals surface area contributed by atoms with Gasteiger partial charge in [0.05, 0.1) is 25.1 Å². The van der Waals surface area contributed by atoms with E-state index in [2.05, 4.69) is 31.5 Å². The number of aromatic nitrogens is 4. The molecule has 0 unspecified atom stereocenters. The van der Waals surface area contributed by atoms with Crippen LogP contribution >= 0.6 is 11.8 Å². The van der Waals surface area contributed by atoms with Crippen molar-refractivity contribution in [2.24, 2.45) is 0 Å². The molecule has 2 aromatic heterocycles. The number of nitrogens with zero attached hydrogens (tertiary/aromatic N) is 5.